The molecule has 2 aliphatic rings. The van der Waals surface area contributed by atoms with E-state index in [1.807, 2.05) is 0 Å². The summed E-state index contributed by atoms with van der Waals surface area (Å²) in [7, 11) is 0. The highest BCUT2D eigenvalue weighted by Gasteiger charge is 2.29. The first-order valence-corrected chi connectivity index (χ1v) is 5.55. The summed E-state index contributed by atoms with van der Waals surface area (Å²) in [4.78, 5) is 13.7. The number of amides is 1. The molecule has 0 aromatic carbocycles. The number of carbonyl (C=O) groups excluding carboxylic acids is 1. The molecule has 0 aromatic heterocycles. The number of hydrogen-bond acceptors (Lipinski definition) is 4. The number of rotatable bonds is 1. The summed E-state index contributed by atoms with van der Waals surface area (Å²) in [5, 5.41) is 12.6. The average Bonchev–Trinajstić information content (AvgIpc) is 2.29. The Morgan fingerprint density at radius 1 is 1.53 bits per heavy atom. The van der Waals surface area contributed by atoms with Crippen LogP contribution in [0.5, 0.6) is 0 Å². The number of likely N-dealkylation sites (tertiary alicyclic amines) is 1. The van der Waals surface area contributed by atoms with Crippen molar-refractivity contribution in [2.75, 3.05) is 32.8 Å². The molecule has 0 aromatic rings. The lowest BCUT2D eigenvalue weighted by Crippen LogP contribution is -2.55. The number of ether oxygens (including phenoxy) is 1. The molecule has 1 unspecified atom stereocenters. The summed E-state index contributed by atoms with van der Waals surface area (Å²) in [5.41, 5.74) is 0. The van der Waals surface area contributed by atoms with Crippen LogP contribution in [0.25, 0.3) is 0 Å². The number of hydrogen-bond donors (Lipinski definition) is 2. The van der Waals surface area contributed by atoms with Gasteiger partial charge in [-0.25, -0.2) is 0 Å². The number of β-amino-alcohol motifs (C(OH)–C–C–N with tert-alkyl or cyclic N) is 1. The highest BCUT2D eigenvalue weighted by atomic mass is 16.5. The molecule has 0 saturated carbocycles. The van der Waals surface area contributed by atoms with Crippen molar-refractivity contribution in [3.8, 4) is 0 Å². The summed E-state index contributed by atoms with van der Waals surface area (Å²) >= 11 is 0. The van der Waals surface area contributed by atoms with Crippen LogP contribution < -0.4 is 5.32 Å². The number of morpholine rings is 1. The molecule has 5 heteroatoms. The SMILES string of the molecule is O=C(C1COCCN1)N1CCC[C@H](O)C1. The highest BCUT2D eigenvalue weighted by Crippen LogP contribution is 2.11. The molecule has 0 bridgehead atoms. The summed E-state index contributed by atoms with van der Waals surface area (Å²) in [6, 6.07) is -0.218. The van der Waals surface area contributed by atoms with Crippen molar-refractivity contribution in [2.24, 2.45) is 0 Å². The zero-order valence-corrected chi connectivity index (χ0v) is 8.82. The molecule has 2 fully saturated rings. The van der Waals surface area contributed by atoms with E-state index >= 15 is 0 Å². The molecule has 2 atom stereocenters. The average molecular weight is 214 g/mol. The van der Waals surface area contributed by atoms with Crippen molar-refractivity contribution in [1.29, 1.82) is 0 Å². The Morgan fingerprint density at radius 2 is 2.40 bits per heavy atom. The minimum atomic E-state index is -0.354. The molecule has 15 heavy (non-hydrogen) atoms. The van der Waals surface area contributed by atoms with E-state index in [2.05, 4.69) is 5.32 Å². The van der Waals surface area contributed by atoms with E-state index < -0.39 is 0 Å². The predicted octanol–water partition coefficient (Wildman–Crippen LogP) is -1.04. The second-order valence-electron chi connectivity index (χ2n) is 4.16. The van der Waals surface area contributed by atoms with E-state index in [9.17, 15) is 9.90 Å². The quantitative estimate of drug-likeness (QED) is 0.585. The first-order chi connectivity index (χ1) is 7.27. The smallest absolute Gasteiger partial charge is 0.242 e. The van der Waals surface area contributed by atoms with Gasteiger partial charge in [-0.15, -0.1) is 0 Å². The van der Waals surface area contributed by atoms with Crippen LogP contribution in [0, 0.1) is 0 Å². The van der Waals surface area contributed by atoms with Gasteiger partial charge in [0.2, 0.25) is 5.91 Å². The molecule has 1 amide bonds. The summed E-state index contributed by atoms with van der Waals surface area (Å²) in [5.74, 6) is 0.0634. The van der Waals surface area contributed by atoms with Gasteiger partial charge in [0.1, 0.15) is 6.04 Å². The molecular weight excluding hydrogens is 196 g/mol. The summed E-state index contributed by atoms with van der Waals surface area (Å²) < 4.78 is 5.25. The first-order valence-electron chi connectivity index (χ1n) is 5.55. The molecule has 2 saturated heterocycles. The number of carbonyl (C=O) groups is 1. The van der Waals surface area contributed by atoms with Gasteiger partial charge in [-0.3, -0.25) is 4.79 Å². The van der Waals surface area contributed by atoms with Crippen LogP contribution >= 0.6 is 0 Å². The minimum Gasteiger partial charge on any atom is -0.391 e. The standard InChI is InChI=1S/C10H18N2O3/c13-8-2-1-4-12(6-8)10(14)9-7-15-5-3-11-9/h8-9,11,13H,1-7H2/t8-,9?/m0/s1. The van der Waals surface area contributed by atoms with E-state index in [-0.39, 0.29) is 18.1 Å². The Kier molecular flexibility index (Phi) is 3.56. The lowest BCUT2D eigenvalue weighted by Gasteiger charge is -2.34. The number of aliphatic hydroxyl groups excluding tert-OH is 1. The Hall–Kier alpha value is -0.650. The summed E-state index contributed by atoms with van der Waals surface area (Å²) in [6.07, 6.45) is 1.34. The van der Waals surface area contributed by atoms with Gasteiger partial charge < -0.3 is 20.1 Å². The zero-order chi connectivity index (χ0) is 10.7. The Morgan fingerprint density at radius 3 is 3.07 bits per heavy atom. The van der Waals surface area contributed by atoms with Crippen LogP contribution in [-0.2, 0) is 9.53 Å². The van der Waals surface area contributed by atoms with E-state index in [0.717, 1.165) is 25.9 Å². The Bertz CT molecular complexity index is 229. The van der Waals surface area contributed by atoms with Crippen LogP contribution in [0.1, 0.15) is 12.8 Å². The molecule has 0 spiro atoms. The van der Waals surface area contributed by atoms with Crippen molar-refractivity contribution in [1.82, 2.24) is 10.2 Å². The highest BCUT2D eigenvalue weighted by molar-refractivity contribution is 5.82. The maximum Gasteiger partial charge on any atom is 0.242 e. The molecule has 2 N–H and O–H groups in total. The van der Waals surface area contributed by atoms with Gasteiger partial charge in [-0.2, -0.15) is 0 Å². The largest absolute Gasteiger partial charge is 0.391 e. The topological polar surface area (TPSA) is 61.8 Å². The molecule has 5 nitrogen and oxygen atoms in total. The molecule has 2 rings (SSSR count). The van der Waals surface area contributed by atoms with Crippen molar-refractivity contribution >= 4 is 5.91 Å². The number of nitrogens with zero attached hydrogens (tertiary/aromatic N) is 1. The zero-order valence-electron chi connectivity index (χ0n) is 8.82. The van der Waals surface area contributed by atoms with Gasteiger partial charge in [0.25, 0.3) is 0 Å². The first kappa shape index (κ1) is 10.9. The Labute approximate surface area is 89.4 Å². The van der Waals surface area contributed by atoms with Gasteiger partial charge in [-0.1, -0.05) is 0 Å². The van der Waals surface area contributed by atoms with Gasteiger partial charge in [-0.05, 0) is 12.8 Å². The molecule has 2 aliphatic heterocycles. The second-order valence-corrected chi connectivity index (χ2v) is 4.16. The predicted molar refractivity (Wildman–Crippen MR) is 54.4 cm³/mol. The van der Waals surface area contributed by atoms with E-state index in [1.165, 1.54) is 0 Å². The maximum atomic E-state index is 12.0. The van der Waals surface area contributed by atoms with Crippen LogP contribution in [0.2, 0.25) is 0 Å². The fourth-order valence-electron chi connectivity index (χ4n) is 2.10. The number of piperidine rings is 1. The van der Waals surface area contributed by atoms with Crippen molar-refractivity contribution in [3.05, 3.63) is 0 Å². The van der Waals surface area contributed by atoms with Gasteiger partial charge in [0.05, 0.1) is 19.3 Å². The van der Waals surface area contributed by atoms with Gasteiger partial charge in [0, 0.05) is 19.6 Å². The van der Waals surface area contributed by atoms with Crippen molar-refractivity contribution < 1.29 is 14.6 Å². The van der Waals surface area contributed by atoms with Crippen LogP contribution in [0.4, 0.5) is 0 Å². The second kappa shape index (κ2) is 4.92. The van der Waals surface area contributed by atoms with E-state index in [4.69, 9.17) is 4.74 Å². The van der Waals surface area contributed by atoms with E-state index in [0.29, 0.717) is 19.8 Å². The van der Waals surface area contributed by atoms with E-state index in [1.54, 1.807) is 4.90 Å². The van der Waals surface area contributed by atoms with Crippen LogP contribution in [0.3, 0.4) is 0 Å². The molecular formula is C10H18N2O3. The molecule has 86 valence electrons. The van der Waals surface area contributed by atoms with Gasteiger partial charge in [0.15, 0.2) is 0 Å². The molecule has 0 aliphatic carbocycles. The lowest BCUT2D eigenvalue weighted by molar-refractivity contribution is -0.139. The normalized spacial score (nSPS) is 32.7. The third-order valence-electron chi connectivity index (χ3n) is 2.93. The minimum absolute atomic E-state index is 0.0634. The Balaban J connectivity index is 1.88. The third kappa shape index (κ3) is 2.68. The van der Waals surface area contributed by atoms with Gasteiger partial charge >= 0.3 is 0 Å². The lowest BCUT2D eigenvalue weighted by atomic mass is 10.1. The van der Waals surface area contributed by atoms with Crippen LogP contribution in [-0.4, -0.2) is 60.9 Å². The third-order valence-corrected chi connectivity index (χ3v) is 2.93. The maximum absolute atomic E-state index is 12.0. The monoisotopic (exact) mass is 214 g/mol. The number of nitrogens with one attached hydrogen (secondary N) is 1. The fourth-order valence-corrected chi connectivity index (χ4v) is 2.10. The fraction of sp³-hybridized carbons (Fsp3) is 0.900. The summed E-state index contributed by atoms with van der Waals surface area (Å²) in [6.45, 7) is 3.08. The van der Waals surface area contributed by atoms with Crippen LogP contribution in [0.15, 0.2) is 0 Å². The van der Waals surface area contributed by atoms with Crippen molar-refractivity contribution in [3.63, 3.8) is 0 Å². The van der Waals surface area contributed by atoms with Crippen molar-refractivity contribution in [2.45, 2.75) is 25.0 Å². The molecule has 0 radical (unpaired) electrons. The number of aliphatic hydroxyl groups is 1. The molecule has 2 heterocycles.